The number of anilines is 1. The second-order valence-electron chi connectivity index (χ2n) is 6.39. The molecule has 1 fully saturated rings. The molecule has 124 valence electrons. The minimum atomic E-state index is -0.842. The Hall–Kier alpha value is -2.97. The van der Waals surface area contributed by atoms with Crippen LogP contribution >= 0.6 is 0 Å². The van der Waals surface area contributed by atoms with Crippen LogP contribution in [0.5, 0.6) is 0 Å². The molecule has 3 aromatic rings. The van der Waals surface area contributed by atoms with Crippen LogP contribution in [0.4, 0.5) is 5.82 Å². The first-order valence-electron chi connectivity index (χ1n) is 8.36. The second kappa shape index (κ2) is 6.15. The average molecular weight is 330 g/mol. The van der Waals surface area contributed by atoms with E-state index in [1.165, 1.54) is 0 Å². The zero-order valence-corrected chi connectivity index (χ0v) is 13.7. The molecule has 1 aromatic carbocycles. The highest BCUT2D eigenvalue weighted by molar-refractivity contribution is 5.88. The van der Waals surface area contributed by atoms with Gasteiger partial charge in [-0.15, -0.1) is 0 Å². The van der Waals surface area contributed by atoms with Crippen molar-refractivity contribution in [3.05, 3.63) is 48.3 Å². The van der Waals surface area contributed by atoms with Gasteiger partial charge < -0.3 is 10.8 Å². The first kappa shape index (κ1) is 15.6. The van der Waals surface area contributed by atoms with Crippen LogP contribution in [0.25, 0.3) is 22.3 Å². The van der Waals surface area contributed by atoms with Crippen molar-refractivity contribution in [3.8, 4) is 23.2 Å². The van der Waals surface area contributed by atoms with Gasteiger partial charge in [0.15, 0.2) is 5.82 Å². The van der Waals surface area contributed by atoms with Crippen molar-refractivity contribution in [2.45, 2.75) is 31.3 Å². The molecule has 5 heteroatoms. The molecule has 1 aliphatic carbocycles. The summed E-state index contributed by atoms with van der Waals surface area (Å²) in [6.45, 7) is 0. The number of aliphatic hydroxyl groups is 1. The fourth-order valence-electron chi connectivity index (χ4n) is 3.14. The molecule has 25 heavy (non-hydrogen) atoms. The number of hydrogen-bond acceptors (Lipinski definition) is 5. The Balaban J connectivity index is 1.71. The average Bonchev–Trinajstić information content (AvgIpc) is 3.07. The van der Waals surface area contributed by atoms with Crippen LogP contribution in [0.3, 0.4) is 0 Å². The molecule has 0 spiro atoms. The van der Waals surface area contributed by atoms with Gasteiger partial charge in [0, 0.05) is 22.7 Å². The predicted octanol–water partition coefficient (Wildman–Crippen LogP) is 2.93. The summed E-state index contributed by atoms with van der Waals surface area (Å²) in [6, 6.07) is 9.47. The Morgan fingerprint density at radius 1 is 1.12 bits per heavy atom. The zero-order valence-electron chi connectivity index (χ0n) is 13.7. The third kappa shape index (κ3) is 3.17. The lowest BCUT2D eigenvalue weighted by Gasteiger charge is -2.12. The van der Waals surface area contributed by atoms with Gasteiger partial charge in [-0.25, -0.2) is 9.97 Å². The van der Waals surface area contributed by atoms with Crippen LogP contribution in [0, 0.1) is 11.8 Å². The van der Waals surface area contributed by atoms with E-state index in [4.69, 9.17) is 5.73 Å². The highest BCUT2D eigenvalue weighted by atomic mass is 16.3. The van der Waals surface area contributed by atoms with Gasteiger partial charge in [-0.2, -0.15) is 0 Å². The lowest BCUT2D eigenvalue weighted by Crippen LogP contribution is -2.20. The van der Waals surface area contributed by atoms with Gasteiger partial charge in [0.05, 0.1) is 11.7 Å². The molecule has 0 atom stereocenters. The lowest BCUT2D eigenvalue weighted by molar-refractivity contribution is 0.110. The summed E-state index contributed by atoms with van der Waals surface area (Å²) in [7, 11) is 0. The molecule has 0 bridgehead atoms. The zero-order chi connectivity index (χ0) is 17.3. The Labute approximate surface area is 146 Å². The summed E-state index contributed by atoms with van der Waals surface area (Å²) in [5.74, 6) is 7.09. The summed E-state index contributed by atoms with van der Waals surface area (Å²) in [5, 5.41) is 11.2. The SMILES string of the molecule is Nc1nc(-c2cccc(C#CC3(O)CCCC3)c2)nc2cnccc12. The van der Waals surface area contributed by atoms with Crippen molar-refractivity contribution < 1.29 is 5.11 Å². The maximum atomic E-state index is 10.4. The van der Waals surface area contributed by atoms with E-state index in [1.54, 1.807) is 18.5 Å². The number of rotatable bonds is 1. The molecule has 4 rings (SSSR count). The van der Waals surface area contributed by atoms with Crippen LogP contribution in [0.15, 0.2) is 42.7 Å². The van der Waals surface area contributed by atoms with Gasteiger partial charge in [-0.3, -0.25) is 4.98 Å². The minimum Gasteiger partial charge on any atom is -0.383 e. The Kier molecular flexibility index (Phi) is 3.83. The van der Waals surface area contributed by atoms with Gasteiger partial charge in [-0.1, -0.05) is 24.0 Å². The van der Waals surface area contributed by atoms with Crippen LogP contribution < -0.4 is 5.73 Å². The van der Waals surface area contributed by atoms with Crippen LogP contribution in [0.1, 0.15) is 31.2 Å². The predicted molar refractivity (Wildman–Crippen MR) is 97.5 cm³/mol. The van der Waals surface area contributed by atoms with Gasteiger partial charge in [0.2, 0.25) is 0 Å². The minimum absolute atomic E-state index is 0.430. The number of pyridine rings is 1. The quantitative estimate of drug-likeness (QED) is 0.670. The molecular formula is C20H18N4O. The first-order valence-corrected chi connectivity index (χ1v) is 8.36. The molecule has 0 saturated heterocycles. The van der Waals surface area contributed by atoms with Crippen LogP contribution in [-0.4, -0.2) is 25.7 Å². The summed E-state index contributed by atoms with van der Waals surface area (Å²) in [4.78, 5) is 13.0. The van der Waals surface area contributed by atoms with Crippen molar-refractivity contribution in [3.63, 3.8) is 0 Å². The van der Waals surface area contributed by atoms with E-state index in [9.17, 15) is 5.11 Å². The molecule has 2 aromatic heterocycles. The van der Waals surface area contributed by atoms with E-state index in [0.717, 1.165) is 42.2 Å². The summed E-state index contributed by atoms with van der Waals surface area (Å²) in [5.41, 5.74) is 7.58. The third-order valence-electron chi connectivity index (χ3n) is 4.52. The highest BCUT2D eigenvalue weighted by Gasteiger charge is 2.28. The van der Waals surface area contributed by atoms with E-state index in [-0.39, 0.29) is 0 Å². The molecule has 3 N–H and O–H groups in total. The van der Waals surface area contributed by atoms with E-state index in [0.29, 0.717) is 17.2 Å². The third-order valence-corrected chi connectivity index (χ3v) is 4.52. The fraction of sp³-hybridized carbons (Fsp3) is 0.250. The normalized spacial score (nSPS) is 15.7. The molecule has 0 aliphatic heterocycles. The van der Waals surface area contributed by atoms with E-state index in [1.807, 2.05) is 24.3 Å². The smallest absolute Gasteiger partial charge is 0.162 e. The Morgan fingerprint density at radius 2 is 1.96 bits per heavy atom. The molecule has 0 amide bonds. The molecular weight excluding hydrogens is 312 g/mol. The molecule has 2 heterocycles. The number of nitrogen functional groups attached to an aromatic ring is 1. The van der Waals surface area contributed by atoms with E-state index in [2.05, 4.69) is 26.8 Å². The van der Waals surface area contributed by atoms with Gasteiger partial charge in [0.1, 0.15) is 11.4 Å². The topological polar surface area (TPSA) is 84.9 Å². The van der Waals surface area contributed by atoms with Crippen LogP contribution in [0.2, 0.25) is 0 Å². The highest BCUT2D eigenvalue weighted by Crippen LogP contribution is 2.29. The van der Waals surface area contributed by atoms with Crippen molar-refractivity contribution in [2.75, 3.05) is 5.73 Å². The van der Waals surface area contributed by atoms with Crippen molar-refractivity contribution >= 4 is 16.7 Å². The number of aromatic nitrogens is 3. The second-order valence-corrected chi connectivity index (χ2v) is 6.39. The summed E-state index contributed by atoms with van der Waals surface area (Å²) < 4.78 is 0. The maximum Gasteiger partial charge on any atom is 0.162 e. The van der Waals surface area contributed by atoms with Gasteiger partial charge in [-0.05, 0) is 43.9 Å². The first-order chi connectivity index (χ1) is 12.1. The molecule has 0 unspecified atom stereocenters. The Morgan fingerprint density at radius 3 is 2.80 bits per heavy atom. The summed E-state index contributed by atoms with van der Waals surface area (Å²) >= 11 is 0. The molecule has 5 nitrogen and oxygen atoms in total. The summed E-state index contributed by atoms with van der Waals surface area (Å²) in [6.07, 6.45) is 6.91. The van der Waals surface area contributed by atoms with Crippen LogP contribution in [-0.2, 0) is 0 Å². The number of nitrogens with two attached hydrogens (primary N) is 1. The maximum absolute atomic E-state index is 10.4. The van der Waals surface area contributed by atoms with Crippen molar-refractivity contribution in [2.24, 2.45) is 0 Å². The number of hydrogen-bond donors (Lipinski definition) is 2. The molecule has 0 radical (unpaired) electrons. The van der Waals surface area contributed by atoms with E-state index >= 15 is 0 Å². The standard InChI is InChI=1S/C20H18N4O/c21-18-16-7-11-22-13-17(16)23-19(24-18)15-5-3-4-14(12-15)6-10-20(25)8-1-2-9-20/h3-5,7,11-13,25H,1-2,8-9H2,(H2,21,23,24). The number of fused-ring (bicyclic) bond motifs is 1. The van der Waals surface area contributed by atoms with Crippen molar-refractivity contribution in [1.82, 2.24) is 15.0 Å². The molecule has 1 aliphatic rings. The van der Waals surface area contributed by atoms with Gasteiger partial charge in [0.25, 0.3) is 0 Å². The van der Waals surface area contributed by atoms with E-state index < -0.39 is 5.60 Å². The van der Waals surface area contributed by atoms with Gasteiger partial charge >= 0.3 is 0 Å². The van der Waals surface area contributed by atoms with Crippen molar-refractivity contribution in [1.29, 1.82) is 0 Å². The molecule has 1 saturated carbocycles. The number of nitrogens with zero attached hydrogens (tertiary/aromatic N) is 3. The lowest BCUT2D eigenvalue weighted by atomic mass is 10.0. The largest absolute Gasteiger partial charge is 0.383 e. The monoisotopic (exact) mass is 330 g/mol. The Bertz CT molecular complexity index is 997. The number of benzene rings is 1. The fourth-order valence-corrected chi connectivity index (χ4v) is 3.14.